The van der Waals surface area contributed by atoms with Crippen LogP contribution in [-0.4, -0.2) is 0 Å². The summed E-state index contributed by atoms with van der Waals surface area (Å²) < 4.78 is 0. The summed E-state index contributed by atoms with van der Waals surface area (Å²) in [6.45, 7) is 30.7. The lowest BCUT2D eigenvalue weighted by Crippen LogP contribution is -2.13. The molecule has 0 aliphatic carbocycles. The van der Waals surface area contributed by atoms with Gasteiger partial charge in [-0.05, 0) is 29.0 Å². The minimum absolute atomic E-state index is 0.204. The first-order chi connectivity index (χ1) is 9.96. The second-order valence-corrected chi connectivity index (χ2v) is 4.49. The van der Waals surface area contributed by atoms with Crippen molar-refractivity contribution in [1.82, 2.24) is 0 Å². The molecule has 1 aromatic rings. The first-order valence-corrected chi connectivity index (χ1v) is 8.19. The van der Waals surface area contributed by atoms with Gasteiger partial charge in [-0.3, -0.25) is 0 Å². The van der Waals surface area contributed by atoms with Gasteiger partial charge in [0.1, 0.15) is 0 Å². The van der Waals surface area contributed by atoms with Gasteiger partial charge in [0.05, 0.1) is 0 Å². The fourth-order valence-electron chi connectivity index (χ4n) is 1.61. The molecular weight excluding hydrogens is 252 g/mol. The molecular formula is C21H40. The van der Waals surface area contributed by atoms with E-state index in [4.69, 9.17) is 0 Å². The third kappa shape index (κ3) is 12.2. The Balaban J connectivity index is -0.000000156. The molecule has 0 aliphatic heterocycles. The van der Waals surface area contributed by atoms with Crippen molar-refractivity contribution in [3.63, 3.8) is 0 Å². The zero-order chi connectivity index (χ0) is 18.1. The quantitative estimate of drug-likeness (QED) is 0.463. The fourth-order valence-corrected chi connectivity index (χ4v) is 1.61. The van der Waals surface area contributed by atoms with Crippen molar-refractivity contribution in [2.24, 2.45) is 0 Å². The van der Waals surface area contributed by atoms with Crippen molar-refractivity contribution in [3.05, 3.63) is 54.6 Å². The zero-order valence-corrected chi connectivity index (χ0v) is 16.4. The normalized spacial score (nSPS) is 8.10. The third-order valence-corrected chi connectivity index (χ3v) is 2.34. The molecule has 0 aliphatic rings. The predicted octanol–water partition coefficient (Wildman–Crippen LogP) is 7.82. The van der Waals surface area contributed by atoms with Crippen molar-refractivity contribution < 1.29 is 0 Å². The van der Waals surface area contributed by atoms with Crippen LogP contribution in [0, 0.1) is 6.92 Å². The summed E-state index contributed by atoms with van der Waals surface area (Å²) in [7, 11) is 0. The van der Waals surface area contributed by atoms with Crippen LogP contribution < -0.4 is 0 Å². The van der Waals surface area contributed by atoms with Gasteiger partial charge in [0, 0.05) is 0 Å². The van der Waals surface area contributed by atoms with E-state index in [2.05, 4.69) is 65.6 Å². The summed E-state index contributed by atoms with van der Waals surface area (Å²) in [4.78, 5) is 0. The summed E-state index contributed by atoms with van der Waals surface area (Å²) in [5.74, 6) is 0. The second-order valence-electron chi connectivity index (χ2n) is 4.49. The Labute approximate surface area is 136 Å². The molecule has 0 N–H and O–H groups in total. The molecule has 0 saturated carbocycles. The summed E-state index contributed by atoms with van der Waals surface area (Å²) in [6.07, 6.45) is 1.95. The Morgan fingerprint density at radius 1 is 0.857 bits per heavy atom. The van der Waals surface area contributed by atoms with Gasteiger partial charge in [0.2, 0.25) is 0 Å². The van der Waals surface area contributed by atoms with Crippen LogP contribution in [-0.2, 0) is 5.41 Å². The maximum Gasteiger partial charge on any atom is -0.0126 e. The summed E-state index contributed by atoms with van der Waals surface area (Å²) in [6, 6.07) is 6.43. The van der Waals surface area contributed by atoms with E-state index in [1.165, 1.54) is 16.7 Å². The highest BCUT2D eigenvalue weighted by Gasteiger charge is 2.16. The van der Waals surface area contributed by atoms with Crippen molar-refractivity contribution in [1.29, 1.82) is 0 Å². The fraction of sp³-hybridized carbons (Fsp3) is 0.524. The molecule has 0 amide bonds. The molecule has 1 aromatic carbocycles. The maximum atomic E-state index is 3.87. The Hall–Kier alpha value is -1.30. The molecule has 0 atom stereocenters. The summed E-state index contributed by atoms with van der Waals surface area (Å²) in [5, 5.41) is 0. The lowest BCUT2D eigenvalue weighted by atomic mass is 9.82. The largest absolute Gasteiger partial charge is 0.106 e. The molecule has 21 heavy (non-hydrogen) atoms. The number of rotatable bonds is 1. The average Bonchev–Trinajstić information content (AvgIpc) is 2.54. The standard InChI is InChI=1S/C13H18.3C2H6.C2H4/c1-6-11-10(2)8-7-9-12(11)13(3,4)5;4*1-2/h6-9H,1H2,2-5H3;3*1-2H3;1-2H2. The summed E-state index contributed by atoms with van der Waals surface area (Å²) >= 11 is 0. The van der Waals surface area contributed by atoms with E-state index in [0.29, 0.717) is 0 Å². The minimum atomic E-state index is 0.204. The highest BCUT2D eigenvalue weighted by Crippen LogP contribution is 2.28. The first-order valence-electron chi connectivity index (χ1n) is 8.19. The number of aryl methyl sites for hydroxylation is 1. The van der Waals surface area contributed by atoms with E-state index < -0.39 is 0 Å². The molecule has 124 valence electrons. The van der Waals surface area contributed by atoms with Crippen LogP contribution in [0.4, 0.5) is 0 Å². The minimum Gasteiger partial charge on any atom is -0.106 e. The van der Waals surface area contributed by atoms with Crippen LogP contribution >= 0.6 is 0 Å². The third-order valence-electron chi connectivity index (χ3n) is 2.34. The number of benzene rings is 1. The van der Waals surface area contributed by atoms with Crippen molar-refractivity contribution >= 4 is 6.08 Å². The lowest BCUT2D eigenvalue weighted by Gasteiger charge is -2.22. The highest BCUT2D eigenvalue weighted by molar-refractivity contribution is 5.57. The van der Waals surface area contributed by atoms with Crippen LogP contribution in [0.1, 0.15) is 79.0 Å². The van der Waals surface area contributed by atoms with E-state index in [-0.39, 0.29) is 5.41 Å². The Kier molecular flexibility index (Phi) is 24.9. The van der Waals surface area contributed by atoms with Gasteiger partial charge < -0.3 is 0 Å². The predicted molar refractivity (Wildman–Crippen MR) is 105 cm³/mol. The molecule has 0 bridgehead atoms. The smallest absolute Gasteiger partial charge is 0.0126 e. The van der Waals surface area contributed by atoms with Gasteiger partial charge in [-0.1, -0.05) is 93.2 Å². The van der Waals surface area contributed by atoms with Gasteiger partial charge in [-0.15, -0.1) is 13.2 Å². The zero-order valence-electron chi connectivity index (χ0n) is 16.4. The van der Waals surface area contributed by atoms with E-state index in [0.717, 1.165) is 0 Å². The first kappa shape index (κ1) is 27.9. The monoisotopic (exact) mass is 292 g/mol. The average molecular weight is 293 g/mol. The van der Waals surface area contributed by atoms with E-state index in [9.17, 15) is 0 Å². The number of hydrogen-bond acceptors (Lipinski definition) is 0. The molecule has 0 fully saturated rings. The Bertz CT molecular complexity index is 326. The second kappa shape index (κ2) is 18.7. The van der Waals surface area contributed by atoms with Crippen molar-refractivity contribution in [3.8, 4) is 0 Å². The summed E-state index contributed by atoms with van der Waals surface area (Å²) in [5.41, 5.74) is 4.18. The van der Waals surface area contributed by atoms with Gasteiger partial charge in [0.15, 0.2) is 0 Å². The van der Waals surface area contributed by atoms with Crippen LogP contribution in [0.5, 0.6) is 0 Å². The van der Waals surface area contributed by atoms with Gasteiger partial charge >= 0.3 is 0 Å². The lowest BCUT2D eigenvalue weighted by molar-refractivity contribution is 0.588. The molecule has 1 rings (SSSR count). The van der Waals surface area contributed by atoms with Crippen LogP contribution in [0.25, 0.3) is 6.08 Å². The molecule has 0 nitrogen and oxygen atoms in total. The Morgan fingerprint density at radius 2 is 1.24 bits per heavy atom. The van der Waals surface area contributed by atoms with Gasteiger partial charge in [-0.25, -0.2) is 0 Å². The SMILES string of the molecule is C=C.C=Cc1c(C)cccc1C(C)(C)C.CC.CC.CC. The Morgan fingerprint density at radius 3 is 1.48 bits per heavy atom. The van der Waals surface area contributed by atoms with Gasteiger partial charge in [-0.2, -0.15) is 0 Å². The van der Waals surface area contributed by atoms with Crippen LogP contribution in [0.15, 0.2) is 37.9 Å². The highest BCUT2D eigenvalue weighted by atomic mass is 14.2. The number of hydrogen-bond donors (Lipinski definition) is 0. The van der Waals surface area contributed by atoms with Crippen molar-refractivity contribution in [2.45, 2.75) is 74.7 Å². The van der Waals surface area contributed by atoms with E-state index >= 15 is 0 Å². The maximum absolute atomic E-state index is 3.87. The molecule has 0 radical (unpaired) electrons. The molecule has 0 unspecified atom stereocenters. The van der Waals surface area contributed by atoms with E-state index in [1.54, 1.807) is 0 Å². The molecule has 0 heterocycles. The van der Waals surface area contributed by atoms with Crippen LogP contribution in [0.2, 0.25) is 0 Å². The molecule has 0 heteroatoms. The van der Waals surface area contributed by atoms with Crippen molar-refractivity contribution in [2.75, 3.05) is 0 Å². The topological polar surface area (TPSA) is 0 Å². The molecule has 0 saturated heterocycles. The van der Waals surface area contributed by atoms with E-state index in [1.807, 2.05) is 47.6 Å². The van der Waals surface area contributed by atoms with Gasteiger partial charge in [0.25, 0.3) is 0 Å². The van der Waals surface area contributed by atoms with Crippen LogP contribution in [0.3, 0.4) is 0 Å². The molecule has 0 spiro atoms. The molecule has 0 aromatic heterocycles.